The summed E-state index contributed by atoms with van der Waals surface area (Å²) in [6.45, 7) is 1.28. The number of carbonyl (C=O) groups is 4. The van der Waals surface area contributed by atoms with Gasteiger partial charge in [0, 0.05) is 43.4 Å². The molecule has 0 saturated carbocycles. The molecule has 2 fully saturated rings. The number of amides is 5. The quantitative estimate of drug-likeness (QED) is 0.0596. The standard InChI is InChI=1S/C22H40N6O4S/c23-28-20(31)12-4-2-8-14-24-18(29)10-3-1-7-13-25-19(30)11-6-5-9-17-21-16(15-33-17)26-22(32)27-21/h16-17,21H,1-15,23H2,(H,24,29)(H,25,30)(H,28,31)(H2,26,27,32)/t16-,17-,21-/m0/s1. The van der Waals surface area contributed by atoms with Gasteiger partial charge in [0.15, 0.2) is 0 Å². The molecule has 7 N–H and O–H groups in total. The molecule has 0 radical (unpaired) electrons. The van der Waals surface area contributed by atoms with E-state index in [4.69, 9.17) is 5.84 Å². The Morgan fingerprint density at radius 3 is 2.00 bits per heavy atom. The molecule has 2 aliphatic rings. The smallest absolute Gasteiger partial charge is 0.315 e. The Morgan fingerprint density at radius 1 is 0.818 bits per heavy atom. The van der Waals surface area contributed by atoms with Gasteiger partial charge in [0.25, 0.3) is 0 Å². The van der Waals surface area contributed by atoms with E-state index in [9.17, 15) is 19.2 Å². The van der Waals surface area contributed by atoms with Gasteiger partial charge in [0.1, 0.15) is 0 Å². The van der Waals surface area contributed by atoms with Gasteiger partial charge in [-0.05, 0) is 38.5 Å². The molecule has 2 saturated heterocycles. The first kappa shape index (κ1) is 27.2. The van der Waals surface area contributed by atoms with Crippen LogP contribution in [0.2, 0.25) is 0 Å². The molecule has 0 spiro atoms. The van der Waals surface area contributed by atoms with Crippen LogP contribution in [0.4, 0.5) is 4.79 Å². The first-order chi connectivity index (χ1) is 16.0. The molecule has 2 heterocycles. The minimum absolute atomic E-state index is 0.0541. The van der Waals surface area contributed by atoms with Gasteiger partial charge in [-0.2, -0.15) is 11.8 Å². The lowest BCUT2D eigenvalue weighted by Crippen LogP contribution is -2.36. The van der Waals surface area contributed by atoms with Gasteiger partial charge in [-0.15, -0.1) is 0 Å². The summed E-state index contributed by atoms with van der Waals surface area (Å²) in [5.74, 6) is 5.96. The van der Waals surface area contributed by atoms with Crippen LogP contribution in [0.5, 0.6) is 0 Å². The number of urea groups is 1. The Bertz CT molecular complexity index is 650. The van der Waals surface area contributed by atoms with Crippen molar-refractivity contribution in [2.75, 3.05) is 18.8 Å². The molecule has 0 unspecified atom stereocenters. The van der Waals surface area contributed by atoms with Crippen LogP contribution in [0, 0.1) is 0 Å². The average molecular weight is 485 g/mol. The largest absolute Gasteiger partial charge is 0.356 e. The van der Waals surface area contributed by atoms with Gasteiger partial charge in [-0.3, -0.25) is 19.8 Å². The van der Waals surface area contributed by atoms with Crippen molar-refractivity contribution < 1.29 is 19.2 Å². The van der Waals surface area contributed by atoms with Crippen LogP contribution >= 0.6 is 11.8 Å². The Labute approximate surface area is 200 Å². The number of rotatable bonds is 17. The molecule has 0 aromatic rings. The van der Waals surface area contributed by atoms with Crippen molar-refractivity contribution in [1.29, 1.82) is 0 Å². The summed E-state index contributed by atoms with van der Waals surface area (Å²) in [6, 6.07) is 0.428. The molecule has 0 bridgehead atoms. The summed E-state index contributed by atoms with van der Waals surface area (Å²) in [5, 5.41) is 12.2. The molecule has 2 rings (SSSR count). The number of hydrogen-bond acceptors (Lipinski definition) is 6. The topological polar surface area (TPSA) is 154 Å². The third-order valence-corrected chi connectivity index (χ3v) is 7.56. The maximum atomic E-state index is 12.0. The predicted octanol–water partition coefficient (Wildman–Crippen LogP) is 1.06. The fourth-order valence-electron chi connectivity index (χ4n) is 4.15. The Kier molecular flexibility index (Phi) is 13.0. The highest BCUT2D eigenvalue weighted by Gasteiger charge is 2.42. The van der Waals surface area contributed by atoms with E-state index in [1.54, 1.807) is 0 Å². The highest BCUT2D eigenvalue weighted by Crippen LogP contribution is 2.33. The maximum Gasteiger partial charge on any atom is 0.315 e. The molecule has 3 atom stereocenters. The summed E-state index contributed by atoms with van der Waals surface area (Å²) in [7, 11) is 0. The number of fused-ring (bicyclic) bond motifs is 1. The van der Waals surface area contributed by atoms with E-state index in [-0.39, 0.29) is 35.8 Å². The average Bonchev–Trinajstić information content (AvgIpc) is 3.35. The molecular weight excluding hydrogens is 444 g/mol. The number of nitrogens with two attached hydrogens (primary N) is 1. The molecule has 0 aromatic carbocycles. The first-order valence-corrected chi connectivity index (χ1v) is 13.3. The van der Waals surface area contributed by atoms with Crippen LogP contribution in [-0.4, -0.2) is 59.9 Å². The van der Waals surface area contributed by atoms with E-state index in [0.29, 0.717) is 37.6 Å². The maximum absolute atomic E-state index is 12.0. The van der Waals surface area contributed by atoms with E-state index < -0.39 is 0 Å². The van der Waals surface area contributed by atoms with Crippen molar-refractivity contribution in [2.45, 2.75) is 94.4 Å². The predicted molar refractivity (Wildman–Crippen MR) is 129 cm³/mol. The van der Waals surface area contributed by atoms with E-state index in [1.807, 2.05) is 11.8 Å². The van der Waals surface area contributed by atoms with Gasteiger partial charge < -0.3 is 21.3 Å². The lowest BCUT2D eigenvalue weighted by Gasteiger charge is -2.16. The minimum atomic E-state index is -0.161. The molecule has 10 nitrogen and oxygen atoms in total. The Morgan fingerprint density at radius 2 is 1.39 bits per heavy atom. The Hall–Kier alpha value is -2.01. The zero-order valence-corrected chi connectivity index (χ0v) is 20.3. The second-order valence-corrected chi connectivity index (χ2v) is 10.0. The van der Waals surface area contributed by atoms with Gasteiger partial charge in [0.05, 0.1) is 12.1 Å². The molecule has 0 aromatic heterocycles. The van der Waals surface area contributed by atoms with Gasteiger partial charge >= 0.3 is 6.03 Å². The van der Waals surface area contributed by atoms with Gasteiger partial charge in [-0.25, -0.2) is 10.6 Å². The van der Waals surface area contributed by atoms with Crippen molar-refractivity contribution in [3.8, 4) is 0 Å². The monoisotopic (exact) mass is 484 g/mol. The second kappa shape index (κ2) is 15.8. The van der Waals surface area contributed by atoms with Gasteiger partial charge in [-0.1, -0.05) is 19.3 Å². The van der Waals surface area contributed by atoms with Crippen LogP contribution in [0.15, 0.2) is 0 Å². The number of hydrogen-bond donors (Lipinski definition) is 6. The van der Waals surface area contributed by atoms with E-state index in [1.165, 1.54) is 0 Å². The minimum Gasteiger partial charge on any atom is -0.356 e. The molecule has 5 amide bonds. The van der Waals surface area contributed by atoms with E-state index in [2.05, 4.69) is 26.7 Å². The summed E-state index contributed by atoms with van der Waals surface area (Å²) >= 11 is 1.90. The second-order valence-electron chi connectivity index (χ2n) is 8.76. The molecule has 11 heteroatoms. The summed E-state index contributed by atoms with van der Waals surface area (Å²) in [4.78, 5) is 46.2. The molecular formula is C22H40N6O4S. The third-order valence-electron chi connectivity index (χ3n) is 6.05. The first-order valence-electron chi connectivity index (χ1n) is 12.2. The van der Waals surface area contributed by atoms with Crippen LogP contribution in [0.1, 0.15) is 77.0 Å². The van der Waals surface area contributed by atoms with Crippen molar-refractivity contribution >= 4 is 35.5 Å². The summed E-state index contributed by atoms with van der Waals surface area (Å²) < 4.78 is 0. The number of thioether (sulfide) groups is 1. The summed E-state index contributed by atoms with van der Waals surface area (Å²) in [6.07, 6.45) is 9.41. The zero-order chi connectivity index (χ0) is 23.9. The molecule has 33 heavy (non-hydrogen) atoms. The van der Waals surface area contributed by atoms with Crippen molar-refractivity contribution in [3.05, 3.63) is 0 Å². The fraction of sp³-hybridized carbons (Fsp3) is 0.818. The third kappa shape index (κ3) is 11.1. The van der Waals surface area contributed by atoms with Crippen LogP contribution < -0.4 is 32.5 Å². The number of hydrazine groups is 1. The zero-order valence-electron chi connectivity index (χ0n) is 19.5. The van der Waals surface area contributed by atoms with Crippen molar-refractivity contribution in [3.63, 3.8) is 0 Å². The number of carbonyl (C=O) groups excluding carboxylic acids is 4. The van der Waals surface area contributed by atoms with Crippen LogP contribution in [0.3, 0.4) is 0 Å². The van der Waals surface area contributed by atoms with Crippen molar-refractivity contribution in [1.82, 2.24) is 26.7 Å². The summed E-state index contributed by atoms with van der Waals surface area (Å²) in [5.41, 5.74) is 2.10. The van der Waals surface area contributed by atoms with Gasteiger partial charge in [0.2, 0.25) is 17.7 Å². The van der Waals surface area contributed by atoms with Crippen molar-refractivity contribution in [2.24, 2.45) is 5.84 Å². The normalized spacial score (nSPS) is 21.1. The number of nitrogens with one attached hydrogen (secondary N) is 5. The number of unbranched alkanes of at least 4 members (excludes halogenated alkanes) is 5. The highest BCUT2D eigenvalue weighted by molar-refractivity contribution is 8.00. The lowest BCUT2D eigenvalue weighted by molar-refractivity contribution is -0.122. The highest BCUT2D eigenvalue weighted by atomic mass is 32.2. The molecule has 188 valence electrons. The SMILES string of the molecule is NNC(=O)CCCCCNC(=O)CCCCCNC(=O)CCCC[C@@H]1SC[C@@H]2NC(=O)N[C@@H]21. The fourth-order valence-corrected chi connectivity index (χ4v) is 5.70. The van der Waals surface area contributed by atoms with Crippen LogP contribution in [-0.2, 0) is 14.4 Å². The lowest BCUT2D eigenvalue weighted by atomic mass is 10.0. The van der Waals surface area contributed by atoms with E-state index >= 15 is 0 Å². The Balaban J connectivity index is 1.34. The molecule has 2 aliphatic heterocycles. The van der Waals surface area contributed by atoms with E-state index in [0.717, 1.165) is 63.5 Å². The van der Waals surface area contributed by atoms with Crippen LogP contribution in [0.25, 0.3) is 0 Å². The molecule has 0 aliphatic carbocycles.